The van der Waals surface area contributed by atoms with Crippen LogP contribution >= 0.6 is 0 Å². The minimum absolute atomic E-state index is 0.356. The van der Waals surface area contributed by atoms with E-state index in [4.69, 9.17) is 19.4 Å². The molecule has 2 saturated heterocycles. The number of ether oxygens (including phenoxy) is 2. The third kappa shape index (κ3) is 5.94. The van der Waals surface area contributed by atoms with Crippen LogP contribution in [-0.2, 0) is 4.74 Å². The Morgan fingerprint density at radius 3 is 2.49 bits per heavy atom. The monoisotopic (exact) mass is 543 g/mol. The number of hydrogen-bond donors (Lipinski definition) is 1. The highest BCUT2D eigenvalue weighted by Gasteiger charge is 2.27. The maximum Gasteiger partial charge on any atom is 0.296 e. The summed E-state index contributed by atoms with van der Waals surface area (Å²) in [6.07, 6.45) is 1.66. The van der Waals surface area contributed by atoms with Crippen LogP contribution in [0.2, 0.25) is 0 Å². The van der Waals surface area contributed by atoms with E-state index in [-0.39, 0.29) is 5.82 Å². The number of anilines is 2. The van der Waals surface area contributed by atoms with Gasteiger partial charge in [-0.05, 0) is 70.7 Å². The number of rotatable bonds is 10. The molecule has 0 spiro atoms. The Hall–Kier alpha value is -3.05. The fourth-order valence-electron chi connectivity index (χ4n) is 5.78. The van der Waals surface area contributed by atoms with Crippen molar-refractivity contribution in [2.45, 2.75) is 52.0 Å². The van der Waals surface area contributed by atoms with Crippen LogP contribution in [0.1, 0.15) is 51.8 Å². The summed E-state index contributed by atoms with van der Waals surface area (Å²) < 4.78 is 40.8. The SMILES string of the molecule is CCN(CC)c1cc(-n2c(C(F)F)nc3c(OC)cccc32)nc(NCC2CCN(C3CCOCC3)CC2)n1. The van der Waals surface area contributed by atoms with Gasteiger partial charge < -0.3 is 24.6 Å². The molecule has 4 heterocycles. The highest BCUT2D eigenvalue weighted by molar-refractivity contribution is 5.84. The van der Waals surface area contributed by atoms with Crippen LogP contribution in [0.3, 0.4) is 0 Å². The largest absolute Gasteiger partial charge is 0.494 e. The molecule has 2 fully saturated rings. The highest BCUT2D eigenvalue weighted by atomic mass is 19.3. The van der Waals surface area contributed by atoms with Gasteiger partial charge in [0.2, 0.25) is 5.95 Å². The Morgan fingerprint density at radius 1 is 1.08 bits per heavy atom. The van der Waals surface area contributed by atoms with Crippen LogP contribution < -0.4 is 15.0 Å². The Bertz CT molecular complexity index is 1240. The van der Waals surface area contributed by atoms with Crippen molar-refractivity contribution in [2.24, 2.45) is 5.92 Å². The number of halogens is 2. The molecule has 11 heteroatoms. The summed E-state index contributed by atoms with van der Waals surface area (Å²) >= 11 is 0. The van der Waals surface area contributed by atoms with Crippen LogP contribution in [0, 0.1) is 5.92 Å². The van der Waals surface area contributed by atoms with E-state index in [9.17, 15) is 8.78 Å². The van der Waals surface area contributed by atoms with Gasteiger partial charge in [0, 0.05) is 45.0 Å². The van der Waals surface area contributed by atoms with Crippen molar-refractivity contribution < 1.29 is 18.3 Å². The third-order valence-corrected chi connectivity index (χ3v) is 8.01. The number of likely N-dealkylation sites (tertiary alicyclic amines) is 1. The van der Waals surface area contributed by atoms with Crippen molar-refractivity contribution in [2.75, 3.05) is 63.3 Å². The number of nitrogens with one attached hydrogen (secondary N) is 1. The van der Waals surface area contributed by atoms with E-state index in [0.717, 1.165) is 71.6 Å². The second kappa shape index (κ2) is 12.4. The molecule has 5 rings (SSSR count). The number of alkyl halides is 2. The predicted molar refractivity (Wildman–Crippen MR) is 148 cm³/mol. The molecule has 0 amide bonds. The van der Waals surface area contributed by atoms with Crippen LogP contribution in [0.4, 0.5) is 20.5 Å². The van der Waals surface area contributed by atoms with Crippen molar-refractivity contribution >= 4 is 22.8 Å². The zero-order chi connectivity index (χ0) is 27.4. The fraction of sp³-hybridized carbons (Fsp3) is 0.607. The molecule has 2 aliphatic heterocycles. The summed E-state index contributed by atoms with van der Waals surface area (Å²) in [7, 11) is 1.51. The average Bonchev–Trinajstić information content (AvgIpc) is 3.38. The van der Waals surface area contributed by atoms with E-state index >= 15 is 0 Å². The Labute approximate surface area is 228 Å². The summed E-state index contributed by atoms with van der Waals surface area (Å²) in [6, 6.07) is 7.65. The molecular weight excluding hydrogens is 504 g/mol. The average molecular weight is 544 g/mol. The van der Waals surface area contributed by atoms with Gasteiger partial charge in [0.05, 0.1) is 12.6 Å². The number of imidazole rings is 1. The number of fused-ring (bicyclic) bond motifs is 1. The minimum Gasteiger partial charge on any atom is -0.494 e. The normalized spacial score (nSPS) is 17.7. The van der Waals surface area contributed by atoms with Crippen molar-refractivity contribution in [3.63, 3.8) is 0 Å². The van der Waals surface area contributed by atoms with Crippen LogP contribution in [0.5, 0.6) is 5.75 Å². The van der Waals surface area contributed by atoms with E-state index in [1.54, 1.807) is 24.3 Å². The summed E-state index contributed by atoms with van der Waals surface area (Å²) in [4.78, 5) is 18.5. The maximum absolute atomic E-state index is 14.2. The number of nitrogens with zero attached hydrogens (tertiary/aromatic N) is 6. The first-order valence-electron chi connectivity index (χ1n) is 14.1. The first-order chi connectivity index (χ1) is 19.0. The molecule has 3 aromatic rings. The van der Waals surface area contributed by atoms with Gasteiger partial charge in [0.1, 0.15) is 22.9 Å². The lowest BCUT2D eigenvalue weighted by molar-refractivity contribution is 0.0219. The van der Waals surface area contributed by atoms with E-state index in [1.807, 2.05) is 13.8 Å². The smallest absolute Gasteiger partial charge is 0.296 e. The molecule has 0 unspecified atom stereocenters. The Balaban J connectivity index is 1.41. The van der Waals surface area contributed by atoms with E-state index in [2.05, 4.69) is 20.1 Å². The number of aromatic nitrogens is 4. The fourth-order valence-corrected chi connectivity index (χ4v) is 5.78. The molecule has 0 aliphatic carbocycles. The summed E-state index contributed by atoms with van der Waals surface area (Å²) in [5.41, 5.74) is 0.893. The Kier molecular flexibility index (Phi) is 8.76. The zero-order valence-electron chi connectivity index (χ0n) is 23.1. The van der Waals surface area contributed by atoms with Crippen LogP contribution in [-0.4, -0.2) is 83.5 Å². The predicted octanol–water partition coefficient (Wildman–Crippen LogP) is 4.91. The molecule has 0 saturated carbocycles. The summed E-state index contributed by atoms with van der Waals surface area (Å²) in [6.45, 7) is 10.2. The van der Waals surface area contributed by atoms with Crippen LogP contribution in [0.25, 0.3) is 16.9 Å². The number of methoxy groups -OCH3 is 1. The third-order valence-electron chi connectivity index (χ3n) is 8.01. The van der Waals surface area contributed by atoms with Crippen molar-refractivity contribution in [3.05, 3.63) is 30.1 Å². The standard InChI is InChI=1S/C28H39F2N7O2/c1-4-35(5-2)23-17-24(37-21-7-6-8-22(38-3)25(21)34-27(37)26(29)30)33-28(32-23)31-18-19-9-13-36(14-10-19)20-11-15-39-16-12-20/h6-8,17,19-20,26H,4-5,9-16,18H2,1-3H3,(H,31,32,33). The van der Waals surface area contributed by atoms with Gasteiger partial charge in [-0.25, -0.2) is 13.8 Å². The molecule has 1 N–H and O–H groups in total. The van der Waals surface area contributed by atoms with Gasteiger partial charge >= 0.3 is 0 Å². The molecule has 0 bridgehead atoms. The molecule has 1 aromatic carbocycles. The first-order valence-corrected chi connectivity index (χ1v) is 14.1. The molecule has 2 aromatic heterocycles. The second-order valence-electron chi connectivity index (χ2n) is 10.2. The van der Waals surface area contributed by atoms with Gasteiger partial charge in [0.15, 0.2) is 5.82 Å². The van der Waals surface area contributed by atoms with Crippen molar-refractivity contribution in [3.8, 4) is 11.6 Å². The lowest BCUT2D eigenvalue weighted by Crippen LogP contribution is -2.44. The quantitative estimate of drug-likeness (QED) is 0.386. The maximum atomic E-state index is 14.2. The van der Waals surface area contributed by atoms with E-state index < -0.39 is 6.43 Å². The number of benzene rings is 1. The molecule has 0 atom stereocenters. The summed E-state index contributed by atoms with van der Waals surface area (Å²) in [5.74, 6) is 2.05. The molecule has 2 aliphatic rings. The lowest BCUT2D eigenvalue weighted by Gasteiger charge is -2.39. The topological polar surface area (TPSA) is 80.6 Å². The second-order valence-corrected chi connectivity index (χ2v) is 10.2. The molecule has 39 heavy (non-hydrogen) atoms. The van der Waals surface area contributed by atoms with E-state index in [1.165, 1.54) is 11.7 Å². The molecule has 9 nitrogen and oxygen atoms in total. The van der Waals surface area contributed by atoms with Gasteiger partial charge in [-0.3, -0.25) is 4.57 Å². The number of piperidine rings is 1. The van der Waals surface area contributed by atoms with E-state index in [0.29, 0.717) is 46.3 Å². The number of para-hydroxylation sites is 1. The minimum atomic E-state index is -2.79. The highest BCUT2D eigenvalue weighted by Crippen LogP contribution is 2.33. The van der Waals surface area contributed by atoms with Crippen molar-refractivity contribution in [1.29, 1.82) is 0 Å². The number of hydrogen-bond acceptors (Lipinski definition) is 8. The zero-order valence-corrected chi connectivity index (χ0v) is 23.1. The molecule has 212 valence electrons. The Morgan fingerprint density at radius 2 is 1.82 bits per heavy atom. The van der Waals surface area contributed by atoms with Crippen molar-refractivity contribution in [1.82, 2.24) is 24.4 Å². The molecule has 0 radical (unpaired) electrons. The van der Waals surface area contributed by atoms with Gasteiger partial charge in [-0.15, -0.1) is 0 Å². The lowest BCUT2D eigenvalue weighted by atomic mass is 9.94. The van der Waals surface area contributed by atoms with Gasteiger partial charge in [-0.1, -0.05) is 6.07 Å². The molecular formula is C28H39F2N7O2. The van der Waals surface area contributed by atoms with Crippen LogP contribution in [0.15, 0.2) is 24.3 Å². The van der Waals surface area contributed by atoms with Gasteiger partial charge in [0.25, 0.3) is 6.43 Å². The first kappa shape index (κ1) is 27.5. The summed E-state index contributed by atoms with van der Waals surface area (Å²) in [5, 5.41) is 3.44. The van der Waals surface area contributed by atoms with Gasteiger partial charge in [-0.2, -0.15) is 9.97 Å².